The van der Waals surface area contributed by atoms with Crippen LogP contribution in [0.1, 0.15) is 38.5 Å². The number of likely N-dealkylation sites (N-methyl/N-ethyl adjacent to an activating group) is 3. The number of amides is 5. The van der Waals surface area contributed by atoms with Gasteiger partial charge in [0.05, 0.1) is 22.1 Å². The lowest BCUT2D eigenvalue weighted by Crippen LogP contribution is -2.50. The van der Waals surface area contributed by atoms with Gasteiger partial charge in [0.2, 0.25) is 11.8 Å². The topological polar surface area (TPSA) is 140 Å². The number of nitrogens with zero attached hydrogens (tertiary/aromatic N) is 4. The highest BCUT2D eigenvalue weighted by Gasteiger charge is 2.38. The first-order valence-corrected chi connectivity index (χ1v) is 23.4. The fourth-order valence-electron chi connectivity index (χ4n) is 8.09. The molecule has 0 aliphatic rings. The summed E-state index contributed by atoms with van der Waals surface area (Å²) in [7, 11) is 8.62. The molecule has 0 aliphatic carbocycles. The highest BCUT2D eigenvalue weighted by molar-refractivity contribution is 6.31. The molecule has 0 heterocycles. The lowest BCUT2D eigenvalue weighted by atomic mass is 9.81. The molecule has 0 saturated heterocycles. The van der Waals surface area contributed by atoms with Gasteiger partial charge >= 0.3 is 12.2 Å². The molecule has 4 N–H and O–H groups in total. The Kier molecular flexibility index (Phi) is 17.8. The van der Waals surface area contributed by atoms with E-state index in [9.17, 15) is 36.6 Å². The van der Waals surface area contributed by atoms with Gasteiger partial charge in [0.1, 0.15) is 23.4 Å². The monoisotopic (exact) mass is 1030 g/mol. The second-order valence-electron chi connectivity index (χ2n) is 17.8. The van der Waals surface area contributed by atoms with Crippen LogP contribution < -0.4 is 11.1 Å². The average molecular weight is 1030 g/mol. The molecule has 18 heteroatoms. The number of rotatable bonds is 18. The summed E-state index contributed by atoms with van der Waals surface area (Å²) in [4.78, 5) is 63.9. The second kappa shape index (κ2) is 23.6. The van der Waals surface area contributed by atoms with Gasteiger partial charge in [-0.1, -0.05) is 96.0 Å². The molecule has 2 atom stereocenters. The summed E-state index contributed by atoms with van der Waals surface area (Å²) in [5.74, 6) is -5.81. The maximum Gasteiger partial charge on any atom is 0.416 e. The van der Waals surface area contributed by atoms with E-state index in [2.05, 4.69) is 5.32 Å². The molecular weight excluding hydrogens is 979 g/mol. The molecule has 0 saturated carbocycles. The summed E-state index contributed by atoms with van der Waals surface area (Å²) in [5.41, 5.74) is 7.71. The average Bonchev–Trinajstić information content (AvgIpc) is 3.33. The van der Waals surface area contributed by atoms with Gasteiger partial charge < -0.3 is 30.9 Å². The van der Waals surface area contributed by atoms with Gasteiger partial charge in [-0.15, -0.1) is 0 Å². The number of imide groups is 1. The van der Waals surface area contributed by atoms with E-state index in [0.717, 1.165) is 35.2 Å². The third kappa shape index (κ3) is 13.6. The van der Waals surface area contributed by atoms with Crippen molar-refractivity contribution in [3.05, 3.63) is 171 Å². The Balaban J connectivity index is 1.53. The Labute approximate surface area is 424 Å². The molecule has 0 bridgehead atoms. The van der Waals surface area contributed by atoms with E-state index in [-0.39, 0.29) is 59.2 Å². The Hall–Kier alpha value is -6.85. The zero-order valence-electron chi connectivity index (χ0n) is 40.0. The fraction of sp³-hybridized carbons (Fsp3) is 0.259. The number of phenols is 1. The van der Waals surface area contributed by atoms with E-state index in [1.807, 2.05) is 19.0 Å². The molecule has 72 heavy (non-hydrogen) atoms. The van der Waals surface area contributed by atoms with Crippen LogP contribution in [0.25, 0.3) is 33.4 Å². The van der Waals surface area contributed by atoms with Crippen LogP contribution in [0.2, 0.25) is 10.0 Å². The van der Waals surface area contributed by atoms with Crippen LogP contribution in [0.4, 0.5) is 26.7 Å². The minimum absolute atomic E-state index is 0.0311. The fourth-order valence-corrected chi connectivity index (χ4v) is 8.52. The van der Waals surface area contributed by atoms with Crippen LogP contribution in [0.3, 0.4) is 0 Å². The first kappa shape index (κ1) is 54.5. The van der Waals surface area contributed by atoms with E-state index < -0.39 is 70.4 Å². The first-order valence-electron chi connectivity index (χ1n) is 22.6. The Morgan fingerprint density at radius 1 is 0.639 bits per heavy atom. The van der Waals surface area contributed by atoms with Gasteiger partial charge in [-0.05, 0) is 133 Å². The summed E-state index contributed by atoms with van der Waals surface area (Å²) < 4.78 is 69.6. The van der Waals surface area contributed by atoms with Gasteiger partial charge in [0, 0.05) is 44.7 Å². The largest absolute Gasteiger partial charge is 0.507 e. The molecule has 0 fully saturated rings. The molecular formula is C54H53Cl2F5N6O5. The van der Waals surface area contributed by atoms with Gasteiger partial charge in [-0.2, -0.15) is 13.2 Å². The van der Waals surface area contributed by atoms with Crippen LogP contribution in [0.5, 0.6) is 5.75 Å². The minimum atomic E-state index is -4.72. The van der Waals surface area contributed by atoms with E-state index >= 15 is 9.59 Å². The number of aromatic hydroxyl groups is 1. The van der Waals surface area contributed by atoms with Gasteiger partial charge in [-0.25, -0.2) is 13.6 Å². The van der Waals surface area contributed by atoms with Crippen molar-refractivity contribution in [2.75, 3.05) is 61.4 Å². The molecule has 11 nitrogen and oxygen atoms in total. The molecule has 6 rings (SSSR count). The number of phenolic OH excluding ortho intramolecular Hbond substituents is 1. The van der Waals surface area contributed by atoms with Crippen LogP contribution in [-0.2, 0) is 28.6 Å². The number of carbonyl (C=O) groups is 4. The third-order valence-electron chi connectivity index (χ3n) is 12.1. The van der Waals surface area contributed by atoms with Crippen molar-refractivity contribution in [3.8, 4) is 39.1 Å². The first-order chi connectivity index (χ1) is 34.0. The molecule has 0 aromatic heterocycles. The molecule has 378 valence electrons. The van der Waals surface area contributed by atoms with Crippen LogP contribution in [0.15, 0.2) is 121 Å². The smallest absolute Gasteiger partial charge is 0.416 e. The number of halogens is 7. The SMILES string of the molecule is CN(C)CCN(C)C(=O)[C@@H](Cc1ccc(-c2ccc(F)c(Cl)c2)cc1)NC(=O)c1c(O)ccc(-c2ccc(C(F)(F)F)cc2)c1[C@@H](Cc1ccc(-c2ccc(F)cc2)cc1Cl)C(=O)N(CCN(C)C)C(N)=O. The molecule has 0 spiro atoms. The summed E-state index contributed by atoms with van der Waals surface area (Å²) in [6, 6.07) is 25.7. The predicted molar refractivity (Wildman–Crippen MR) is 270 cm³/mol. The predicted octanol–water partition coefficient (Wildman–Crippen LogP) is 10.2. The molecule has 0 radical (unpaired) electrons. The van der Waals surface area contributed by atoms with Crippen molar-refractivity contribution in [2.24, 2.45) is 5.73 Å². The maximum atomic E-state index is 15.2. The number of primary amides is 1. The maximum absolute atomic E-state index is 15.2. The van der Waals surface area contributed by atoms with E-state index in [4.69, 9.17) is 28.9 Å². The number of nitrogens with two attached hydrogens (primary N) is 1. The zero-order valence-corrected chi connectivity index (χ0v) is 41.5. The lowest BCUT2D eigenvalue weighted by molar-refractivity contribution is -0.137. The summed E-state index contributed by atoms with van der Waals surface area (Å²) in [5, 5.41) is 14.7. The van der Waals surface area contributed by atoms with Gasteiger partial charge in [0.15, 0.2) is 0 Å². The molecule has 5 amide bonds. The quantitative estimate of drug-likeness (QED) is 0.0729. The summed E-state index contributed by atoms with van der Waals surface area (Å²) in [6.07, 6.45) is -5.17. The normalized spacial score (nSPS) is 12.4. The number of nitrogens with one attached hydrogen (secondary N) is 1. The number of hydrogen-bond acceptors (Lipinski definition) is 7. The van der Waals surface area contributed by atoms with Crippen molar-refractivity contribution in [1.82, 2.24) is 24.9 Å². The standard InChI is InChI=1S/C54H53Cl2F5N6O5/c1-64(2)24-26-66(5)52(71)46(28-32-6-8-33(9-7-32)37-16-22-45(58)44(56)31-37)63-50(69)49-47(68)23-21-41(35-12-17-39(18-13-35)54(59,60)61)48(49)42(51(70)67(53(62)72)27-25-65(3)4)29-38-11-10-36(30-43(38)55)34-14-19-40(57)20-15-34/h6-23,30-31,42,46,68H,24-29H2,1-5H3,(H2,62,72)(H,63,69)/t42-,46-/m1/s1. The number of hydrogen-bond donors (Lipinski definition) is 3. The number of alkyl halides is 3. The number of carbonyl (C=O) groups excluding carboxylic acids is 4. The van der Waals surface area contributed by atoms with Crippen molar-refractivity contribution < 1.29 is 46.2 Å². The van der Waals surface area contributed by atoms with Crippen LogP contribution in [0, 0.1) is 11.6 Å². The highest BCUT2D eigenvalue weighted by atomic mass is 35.5. The number of benzene rings is 6. The number of urea groups is 1. The summed E-state index contributed by atoms with van der Waals surface area (Å²) >= 11 is 13.0. The van der Waals surface area contributed by atoms with Crippen LogP contribution in [-0.4, -0.2) is 116 Å². The zero-order chi connectivity index (χ0) is 52.6. The molecule has 6 aromatic carbocycles. The second-order valence-corrected chi connectivity index (χ2v) is 18.6. The van der Waals surface area contributed by atoms with Gasteiger partial charge in [-0.3, -0.25) is 19.3 Å². The Morgan fingerprint density at radius 3 is 1.74 bits per heavy atom. The Bertz CT molecular complexity index is 2920. The molecule has 6 aromatic rings. The van der Waals surface area contributed by atoms with Crippen molar-refractivity contribution >= 4 is 47.0 Å². The van der Waals surface area contributed by atoms with Crippen molar-refractivity contribution in [3.63, 3.8) is 0 Å². The van der Waals surface area contributed by atoms with Crippen LogP contribution >= 0.6 is 23.2 Å². The van der Waals surface area contributed by atoms with Gasteiger partial charge in [0.25, 0.3) is 5.91 Å². The minimum Gasteiger partial charge on any atom is -0.507 e. The van der Waals surface area contributed by atoms with E-state index in [1.165, 1.54) is 35.2 Å². The Morgan fingerprint density at radius 2 is 1.18 bits per heavy atom. The third-order valence-corrected chi connectivity index (χ3v) is 12.7. The molecule has 0 unspecified atom stereocenters. The summed E-state index contributed by atoms with van der Waals surface area (Å²) in [6.45, 7) is 0.625. The lowest BCUT2D eigenvalue weighted by Gasteiger charge is -2.30. The van der Waals surface area contributed by atoms with Crippen molar-refractivity contribution in [2.45, 2.75) is 31.0 Å². The van der Waals surface area contributed by atoms with E-state index in [1.54, 1.807) is 86.7 Å². The van der Waals surface area contributed by atoms with Crippen molar-refractivity contribution in [1.29, 1.82) is 0 Å². The highest BCUT2D eigenvalue weighted by Crippen LogP contribution is 2.42. The van der Waals surface area contributed by atoms with E-state index in [0.29, 0.717) is 39.9 Å². The molecule has 0 aliphatic heterocycles.